The number of carbonyl (C=O) groups excluding carboxylic acids is 2. The van der Waals surface area contributed by atoms with Crippen LogP contribution in [0.4, 0.5) is 10.6 Å². The largest absolute Gasteiger partial charge is 0.443 e. The van der Waals surface area contributed by atoms with Crippen molar-refractivity contribution in [2.75, 3.05) is 24.6 Å². The monoisotopic (exact) mass is 500 g/mol. The van der Waals surface area contributed by atoms with Gasteiger partial charge >= 0.3 is 6.09 Å². The number of anilines is 1. The van der Waals surface area contributed by atoms with Crippen molar-refractivity contribution in [2.45, 2.75) is 96.1 Å². The first kappa shape index (κ1) is 26.6. The summed E-state index contributed by atoms with van der Waals surface area (Å²) in [7, 11) is 0. The zero-order chi connectivity index (χ0) is 25.5. The van der Waals surface area contributed by atoms with E-state index in [4.69, 9.17) is 14.3 Å². The van der Waals surface area contributed by atoms with Crippen molar-refractivity contribution in [3.8, 4) is 0 Å². The molecule has 2 amide bonds. The molecule has 0 aromatic carbocycles. The van der Waals surface area contributed by atoms with Crippen LogP contribution < -0.4 is 10.4 Å². The highest BCUT2D eigenvalue weighted by Crippen LogP contribution is 2.30. The van der Waals surface area contributed by atoms with Gasteiger partial charge in [-0.25, -0.2) is 20.1 Å². The summed E-state index contributed by atoms with van der Waals surface area (Å²) in [5, 5.41) is 0. The molecule has 1 saturated carbocycles. The summed E-state index contributed by atoms with van der Waals surface area (Å²) in [6.07, 6.45) is 12.7. The molecule has 9 heteroatoms. The summed E-state index contributed by atoms with van der Waals surface area (Å²) in [5.74, 6) is 0.184. The number of amides is 2. The number of hydrogen-bond donors (Lipinski definition) is 1. The van der Waals surface area contributed by atoms with Crippen molar-refractivity contribution in [1.82, 2.24) is 15.4 Å². The van der Waals surface area contributed by atoms with Crippen LogP contribution in [0, 0.1) is 0 Å². The topological polar surface area (TPSA) is 93.2 Å². The fraction of sp³-hybridized carbons (Fsp3) is 0.667. The zero-order valence-corrected chi connectivity index (χ0v) is 21.8. The lowest BCUT2D eigenvalue weighted by atomic mass is 10.2. The summed E-state index contributed by atoms with van der Waals surface area (Å²) in [6.45, 7) is 8.09. The van der Waals surface area contributed by atoms with Crippen molar-refractivity contribution in [3.63, 3.8) is 0 Å². The number of ether oxygens (including phenoxy) is 2. The van der Waals surface area contributed by atoms with Gasteiger partial charge in [0.05, 0.1) is 6.04 Å². The van der Waals surface area contributed by atoms with E-state index in [-0.39, 0.29) is 18.0 Å². The van der Waals surface area contributed by atoms with Gasteiger partial charge in [-0.3, -0.25) is 14.6 Å². The molecular formula is C27H40N4O5. The van der Waals surface area contributed by atoms with Gasteiger partial charge in [-0.15, -0.1) is 0 Å². The molecule has 198 valence electrons. The van der Waals surface area contributed by atoms with Gasteiger partial charge in [0.1, 0.15) is 11.4 Å². The van der Waals surface area contributed by atoms with E-state index in [1.165, 1.54) is 31.8 Å². The molecule has 0 bridgehead atoms. The molecule has 3 fully saturated rings. The van der Waals surface area contributed by atoms with Crippen LogP contribution in [0.25, 0.3) is 6.08 Å². The molecule has 1 aromatic rings. The van der Waals surface area contributed by atoms with Crippen LogP contribution in [-0.4, -0.2) is 65.6 Å². The maximum atomic E-state index is 13.2. The molecule has 2 aliphatic heterocycles. The predicted octanol–water partition coefficient (Wildman–Crippen LogP) is 4.43. The Morgan fingerprint density at radius 2 is 1.92 bits per heavy atom. The van der Waals surface area contributed by atoms with Crippen LogP contribution in [0.3, 0.4) is 0 Å². The average molecular weight is 501 g/mol. The number of pyridine rings is 1. The van der Waals surface area contributed by atoms with Crippen molar-refractivity contribution in [2.24, 2.45) is 0 Å². The Labute approximate surface area is 214 Å². The number of hydrogen-bond acceptors (Lipinski definition) is 7. The number of nitrogens with one attached hydrogen (secondary N) is 1. The van der Waals surface area contributed by atoms with E-state index in [2.05, 4.69) is 15.4 Å². The van der Waals surface area contributed by atoms with E-state index in [1.54, 1.807) is 17.2 Å². The first-order chi connectivity index (χ1) is 17.3. The van der Waals surface area contributed by atoms with Gasteiger partial charge in [-0.1, -0.05) is 12.8 Å². The Morgan fingerprint density at radius 1 is 1.14 bits per heavy atom. The van der Waals surface area contributed by atoms with Gasteiger partial charge < -0.3 is 9.47 Å². The molecule has 1 unspecified atom stereocenters. The predicted molar refractivity (Wildman–Crippen MR) is 137 cm³/mol. The van der Waals surface area contributed by atoms with Gasteiger partial charge in [-0.2, -0.15) is 0 Å². The van der Waals surface area contributed by atoms with Crippen LogP contribution in [0.15, 0.2) is 24.4 Å². The van der Waals surface area contributed by atoms with E-state index >= 15 is 0 Å². The molecule has 3 aliphatic rings. The Morgan fingerprint density at radius 3 is 2.58 bits per heavy atom. The van der Waals surface area contributed by atoms with Crippen molar-refractivity contribution >= 4 is 23.9 Å². The lowest BCUT2D eigenvalue weighted by molar-refractivity contribution is -0.198. The summed E-state index contributed by atoms with van der Waals surface area (Å²) in [4.78, 5) is 39.4. The van der Waals surface area contributed by atoms with Gasteiger partial charge in [0.2, 0.25) is 0 Å². The van der Waals surface area contributed by atoms with E-state index in [1.807, 2.05) is 32.9 Å². The van der Waals surface area contributed by atoms with Crippen LogP contribution in [-0.2, 0) is 19.1 Å². The fourth-order valence-corrected chi connectivity index (χ4v) is 5.09. The van der Waals surface area contributed by atoms with E-state index in [9.17, 15) is 9.59 Å². The number of rotatable bonds is 7. The van der Waals surface area contributed by atoms with Crippen molar-refractivity contribution in [1.29, 1.82) is 0 Å². The highest BCUT2D eigenvalue weighted by molar-refractivity contribution is 5.91. The van der Waals surface area contributed by atoms with Crippen LogP contribution in [0.1, 0.15) is 77.7 Å². The molecule has 4 rings (SSSR count). The molecular weight excluding hydrogens is 460 g/mol. The molecule has 1 N–H and O–H groups in total. The Bertz CT molecular complexity index is 902. The Kier molecular flexibility index (Phi) is 8.98. The highest BCUT2D eigenvalue weighted by atomic mass is 16.8. The second-order valence-corrected chi connectivity index (χ2v) is 10.9. The minimum Gasteiger partial charge on any atom is -0.443 e. The maximum Gasteiger partial charge on any atom is 0.416 e. The molecule has 2 atom stereocenters. The second-order valence-electron chi connectivity index (χ2n) is 10.9. The van der Waals surface area contributed by atoms with Gasteiger partial charge in [-0.05, 0) is 76.6 Å². The summed E-state index contributed by atoms with van der Waals surface area (Å²) < 4.78 is 11.2. The second kappa shape index (κ2) is 12.2. The third-order valence-corrected chi connectivity index (χ3v) is 6.86. The molecule has 1 aliphatic carbocycles. The van der Waals surface area contributed by atoms with Gasteiger partial charge in [0.15, 0.2) is 6.29 Å². The quantitative estimate of drug-likeness (QED) is 0.437. The van der Waals surface area contributed by atoms with E-state index in [0.717, 1.165) is 44.3 Å². The average Bonchev–Trinajstić information content (AvgIpc) is 3.54. The van der Waals surface area contributed by atoms with Crippen LogP contribution >= 0.6 is 0 Å². The molecule has 2 saturated heterocycles. The Balaban J connectivity index is 1.39. The van der Waals surface area contributed by atoms with Gasteiger partial charge in [0.25, 0.3) is 5.91 Å². The van der Waals surface area contributed by atoms with Crippen LogP contribution in [0.2, 0.25) is 0 Å². The summed E-state index contributed by atoms with van der Waals surface area (Å²) >= 11 is 0. The molecule has 36 heavy (non-hydrogen) atoms. The molecule has 1 aromatic heterocycles. The van der Waals surface area contributed by atoms with E-state index in [0.29, 0.717) is 18.5 Å². The fourth-order valence-electron chi connectivity index (χ4n) is 5.09. The van der Waals surface area contributed by atoms with Crippen molar-refractivity contribution < 1.29 is 23.9 Å². The zero-order valence-electron chi connectivity index (χ0n) is 21.8. The number of likely N-dealkylation sites (tertiary alicyclic amines) is 1. The minimum atomic E-state index is -0.597. The number of nitrogens with zero attached hydrogens (tertiary/aromatic N) is 3. The van der Waals surface area contributed by atoms with Crippen LogP contribution in [0.5, 0.6) is 0 Å². The summed E-state index contributed by atoms with van der Waals surface area (Å²) in [6, 6.07) is 4.29. The molecule has 0 spiro atoms. The molecule has 0 radical (unpaired) electrons. The third-order valence-electron chi connectivity index (χ3n) is 6.86. The summed E-state index contributed by atoms with van der Waals surface area (Å²) in [5.41, 5.74) is 2.55. The lowest BCUT2D eigenvalue weighted by Gasteiger charge is -2.31. The smallest absolute Gasteiger partial charge is 0.416 e. The third kappa shape index (κ3) is 7.51. The minimum absolute atomic E-state index is 0.0132. The van der Waals surface area contributed by atoms with Crippen molar-refractivity contribution in [3.05, 3.63) is 30.0 Å². The first-order valence-electron chi connectivity index (χ1n) is 13.3. The van der Waals surface area contributed by atoms with Gasteiger partial charge in [0, 0.05) is 44.4 Å². The number of carbonyl (C=O) groups is 2. The molecule has 9 nitrogen and oxygen atoms in total. The molecule has 3 heterocycles. The first-order valence-corrected chi connectivity index (χ1v) is 13.3. The Hall–Kier alpha value is -2.49. The van der Waals surface area contributed by atoms with E-state index < -0.39 is 11.9 Å². The maximum absolute atomic E-state index is 13.2. The standard InChI is InChI=1S/C27H40N4O5/c1-27(2,3)35-26(33)31(22-15-16-30(19-22)21-8-4-5-9-21)23-13-11-20(18-28-23)12-14-24(32)29-36-25-10-6-7-17-34-25/h11-14,18,21-22,25H,4-10,15-17,19H2,1-3H3,(H,29,32)/t22-,25?/m1/s1. The normalized spacial score (nSPS) is 23.8. The number of hydroxylamine groups is 1. The number of aromatic nitrogens is 1. The highest BCUT2D eigenvalue weighted by Gasteiger charge is 2.37. The lowest BCUT2D eigenvalue weighted by Crippen LogP contribution is -2.46. The SMILES string of the molecule is CC(C)(C)OC(=O)N(c1ccc(C=CC(=O)NOC2CCCCO2)cn1)[C@@H]1CCN(C2CCCC2)C1.